The highest BCUT2D eigenvalue weighted by molar-refractivity contribution is 6.41. The Morgan fingerprint density at radius 1 is 0.857 bits per heavy atom. The van der Waals surface area contributed by atoms with E-state index in [1.807, 2.05) is 30.5 Å². The quantitative estimate of drug-likeness (QED) is 0.117. The van der Waals surface area contributed by atoms with Crippen LogP contribution in [0.25, 0.3) is 0 Å². The topological polar surface area (TPSA) is 182 Å². The zero-order chi connectivity index (χ0) is 40.6. The van der Waals surface area contributed by atoms with E-state index in [1.165, 1.54) is 6.20 Å². The van der Waals surface area contributed by atoms with Crippen molar-refractivity contribution in [3.05, 3.63) is 88.8 Å². The lowest BCUT2D eigenvalue weighted by molar-refractivity contribution is -0.193. The predicted molar refractivity (Wildman–Crippen MR) is 192 cm³/mol. The Hall–Kier alpha value is -6.29. The number of fused-ring (bicyclic) bond motifs is 6. The number of pyridine rings is 1. The highest BCUT2D eigenvalue weighted by Crippen LogP contribution is 2.30. The molecule has 4 heterocycles. The van der Waals surface area contributed by atoms with Crippen LogP contribution in [0.15, 0.2) is 67.1 Å². The minimum absolute atomic E-state index is 0.0540. The normalized spacial score (nSPS) is 14.1. The Labute approximate surface area is 319 Å². The fraction of sp³-hybridized carbons (Fsp3) is 0.278. The average Bonchev–Trinajstić information content (AvgIpc) is 3.16. The summed E-state index contributed by atoms with van der Waals surface area (Å²) in [4.78, 5) is 60.1. The number of alkyl halides is 6. The van der Waals surface area contributed by atoms with Gasteiger partial charge in [0.15, 0.2) is 5.82 Å². The maximum Gasteiger partial charge on any atom is 0.458 e. The highest BCUT2D eigenvalue weighted by Gasteiger charge is 2.54. The first-order chi connectivity index (χ1) is 26.5. The van der Waals surface area contributed by atoms with Crippen molar-refractivity contribution in [1.82, 2.24) is 19.9 Å². The van der Waals surface area contributed by atoms with Gasteiger partial charge >= 0.3 is 30.0 Å². The number of rotatable bonds is 5. The number of hydrogen-bond acceptors (Lipinski definition) is 10. The lowest BCUT2D eigenvalue weighted by Gasteiger charge is -2.31. The third-order valence-electron chi connectivity index (χ3n) is 8.48. The lowest BCUT2D eigenvalue weighted by atomic mass is 9.93. The summed E-state index contributed by atoms with van der Waals surface area (Å²) in [5, 5.41) is 21.8. The van der Waals surface area contributed by atoms with Crippen molar-refractivity contribution in [3.63, 3.8) is 0 Å². The van der Waals surface area contributed by atoms with Gasteiger partial charge < -0.3 is 26.2 Å². The van der Waals surface area contributed by atoms with Crippen LogP contribution in [0.4, 0.5) is 65.7 Å². The molecular formula is C36H30ClF6N9O4. The lowest BCUT2D eigenvalue weighted by Crippen LogP contribution is -2.41. The molecule has 3 amide bonds. The Kier molecular flexibility index (Phi) is 12.7. The summed E-state index contributed by atoms with van der Waals surface area (Å²) < 4.78 is 67.0. The Bertz CT molecular complexity index is 2130. The van der Waals surface area contributed by atoms with Crippen molar-refractivity contribution in [1.29, 1.82) is 5.26 Å². The molecule has 0 unspecified atom stereocenters. The van der Waals surface area contributed by atoms with Crippen molar-refractivity contribution < 1.29 is 45.5 Å². The molecule has 0 saturated carbocycles. The predicted octanol–water partition coefficient (Wildman–Crippen LogP) is 7.50. The van der Waals surface area contributed by atoms with Gasteiger partial charge in [0.25, 0.3) is 0 Å². The number of aromatic nitrogens is 3. The zero-order valence-corrected chi connectivity index (χ0v) is 29.6. The van der Waals surface area contributed by atoms with Crippen LogP contribution in [0.2, 0.25) is 5.02 Å². The van der Waals surface area contributed by atoms with Crippen LogP contribution in [0, 0.1) is 17.2 Å². The molecule has 13 nitrogen and oxygen atoms in total. The molecule has 292 valence electrons. The summed E-state index contributed by atoms with van der Waals surface area (Å²) in [5.74, 6) is -5.83. The standard InChI is InChI=1S/C32H30ClN9O2.C4F6O2/c33-27-19-36-31-38-26-13-22(17-35-18-26)1-4-23-15-25(37-30(27)41-31)7-8-28(23)40-29(43)14-20-9-11-42(12-10-20)32(44)39-24-5-2-21(16-34)3-6-24;5-3(6,7)1(11)2(12)4(8,9)10/h2-3,5-8,13,15,17-20H,1,4,9-12,14H2,(H,39,44)(H,40,43)(H2,36,37,38,41);. The van der Waals surface area contributed by atoms with Gasteiger partial charge in [-0.2, -0.15) is 36.6 Å². The number of halogens is 7. The van der Waals surface area contributed by atoms with Crippen LogP contribution in [-0.2, 0) is 27.2 Å². The van der Waals surface area contributed by atoms with Gasteiger partial charge in [0, 0.05) is 42.8 Å². The fourth-order valence-corrected chi connectivity index (χ4v) is 5.78. The second-order valence-electron chi connectivity index (χ2n) is 12.5. The van der Waals surface area contributed by atoms with E-state index in [0.29, 0.717) is 54.0 Å². The molecule has 56 heavy (non-hydrogen) atoms. The van der Waals surface area contributed by atoms with Gasteiger partial charge in [0.05, 0.1) is 29.7 Å². The summed E-state index contributed by atoms with van der Waals surface area (Å²) in [6.45, 7) is 1.14. The van der Waals surface area contributed by atoms with E-state index in [4.69, 9.17) is 16.9 Å². The second-order valence-corrected chi connectivity index (χ2v) is 13.0. The van der Waals surface area contributed by atoms with Gasteiger partial charge in [-0.3, -0.25) is 19.4 Å². The summed E-state index contributed by atoms with van der Waals surface area (Å²) in [6.07, 6.45) is -3.20. The molecule has 0 spiro atoms. The zero-order valence-electron chi connectivity index (χ0n) is 28.9. The SMILES string of the molecule is N#Cc1ccc(NC(=O)N2CCC(CC(=O)Nc3ccc4cc3CCc3cncc(c3)Nc3ncc(Cl)c(n3)N4)CC2)cc1.O=C(C(=O)C(F)(F)F)C(F)(F)F. The molecule has 20 heteroatoms. The van der Waals surface area contributed by atoms with Crippen LogP contribution in [-0.4, -0.2) is 68.8 Å². The van der Waals surface area contributed by atoms with Crippen LogP contribution in [0.3, 0.4) is 0 Å². The van der Waals surface area contributed by atoms with Crippen molar-refractivity contribution >= 4 is 69.6 Å². The summed E-state index contributed by atoms with van der Waals surface area (Å²) >= 11 is 6.38. The largest absolute Gasteiger partial charge is 0.458 e. The van der Waals surface area contributed by atoms with E-state index in [9.17, 15) is 45.5 Å². The minimum Gasteiger partial charge on any atom is -0.339 e. The van der Waals surface area contributed by atoms with Crippen molar-refractivity contribution in [2.24, 2.45) is 5.92 Å². The molecule has 2 aliphatic heterocycles. The van der Waals surface area contributed by atoms with Gasteiger partial charge in [0.2, 0.25) is 11.9 Å². The van der Waals surface area contributed by atoms with Gasteiger partial charge in [-0.15, -0.1) is 0 Å². The first kappa shape index (κ1) is 40.9. The highest BCUT2D eigenvalue weighted by atomic mass is 35.5. The number of nitrogens with one attached hydrogen (secondary N) is 4. The molecule has 0 aliphatic carbocycles. The molecule has 2 aromatic heterocycles. The smallest absolute Gasteiger partial charge is 0.339 e. The van der Waals surface area contributed by atoms with E-state index < -0.39 is 23.9 Å². The monoisotopic (exact) mass is 801 g/mol. The number of piperidine rings is 1. The molecule has 2 aliphatic rings. The van der Waals surface area contributed by atoms with E-state index in [-0.39, 0.29) is 17.9 Å². The third kappa shape index (κ3) is 11.1. The third-order valence-corrected chi connectivity index (χ3v) is 8.76. The van der Waals surface area contributed by atoms with Crippen molar-refractivity contribution in [3.8, 4) is 6.07 Å². The van der Waals surface area contributed by atoms with Gasteiger partial charge in [-0.05, 0) is 91.3 Å². The molecular weight excluding hydrogens is 772 g/mol. The number of likely N-dealkylation sites (tertiary alicyclic amines) is 1. The number of carbonyl (C=O) groups is 4. The Morgan fingerprint density at radius 2 is 1.54 bits per heavy atom. The number of aryl methyl sites for hydroxylation is 2. The van der Waals surface area contributed by atoms with Gasteiger partial charge in [-0.1, -0.05) is 11.6 Å². The molecule has 2 aromatic carbocycles. The number of hydrogen-bond donors (Lipinski definition) is 4. The van der Waals surface area contributed by atoms with E-state index in [1.54, 1.807) is 35.4 Å². The van der Waals surface area contributed by atoms with Crippen molar-refractivity contribution in [2.75, 3.05) is 34.4 Å². The van der Waals surface area contributed by atoms with Crippen LogP contribution in [0.5, 0.6) is 0 Å². The van der Waals surface area contributed by atoms with Crippen LogP contribution < -0.4 is 21.3 Å². The fourth-order valence-electron chi connectivity index (χ4n) is 5.64. The van der Waals surface area contributed by atoms with Gasteiger partial charge in [-0.25, -0.2) is 9.78 Å². The second kappa shape index (κ2) is 17.5. The maximum atomic E-state index is 13.2. The molecule has 4 aromatic rings. The number of nitrogens with zero attached hydrogens (tertiary/aromatic N) is 5. The minimum atomic E-state index is -5.77. The molecule has 4 N–H and O–H groups in total. The number of carbonyl (C=O) groups excluding carboxylic acids is 4. The summed E-state index contributed by atoms with van der Waals surface area (Å²) in [6, 6.07) is 16.5. The Morgan fingerprint density at radius 3 is 2.18 bits per heavy atom. The average molecular weight is 802 g/mol. The number of ketones is 2. The first-order valence-electron chi connectivity index (χ1n) is 16.7. The molecule has 0 atom stereocenters. The van der Waals surface area contributed by atoms with E-state index in [2.05, 4.69) is 42.3 Å². The van der Waals surface area contributed by atoms with Crippen molar-refractivity contribution in [2.45, 2.75) is 44.5 Å². The molecule has 6 bridgehead atoms. The number of urea groups is 1. The van der Waals surface area contributed by atoms with Crippen LogP contribution in [0.1, 0.15) is 36.0 Å². The van der Waals surface area contributed by atoms with Crippen LogP contribution >= 0.6 is 11.6 Å². The molecule has 0 radical (unpaired) electrons. The molecule has 1 saturated heterocycles. The number of Topliss-reactive ketones (excluding diaryl/α,β-unsaturated/α-hetero) is 2. The number of nitriles is 1. The number of anilines is 6. The number of benzene rings is 2. The maximum absolute atomic E-state index is 13.2. The molecule has 6 rings (SSSR count). The summed E-state index contributed by atoms with van der Waals surface area (Å²) in [5.41, 5.74) is 5.51. The Balaban J connectivity index is 0.000000433. The van der Waals surface area contributed by atoms with Gasteiger partial charge in [0.1, 0.15) is 5.02 Å². The molecule has 1 fully saturated rings. The first-order valence-corrected chi connectivity index (χ1v) is 17.1. The number of amides is 3. The summed E-state index contributed by atoms with van der Waals surface area (Å²) in [7, 11) is 0. The van der Waals surface area contributed by atoms with E-state index in [0.717, 1.165) is 47.5 Å². The van der Waals surface area contributed by atoms with E-state index >= 15 is 0 Å².